The minimum atomic E-state index is -1.03. The third kappa shape index (κ3) is 6.08. The van der Waals surface area contributed by atoms with Crippen LogP contribution >= 0.6 is 11.8 Å². The van der Waals surface area contributed by atoms with Crippen molar-refractivity contribution in [1.29, 1.82) is 0 Å². The second kappa shape index (κ2) is 12.0. The lowest BCUT2D eigenvalue weighted by molar-refractivity contribution is -0.137. The molecule has 4 aromatic rings. The number of carboxylic acid groups (broad SMARTS) is 1. The summed E-state index contributed by atoms with van der Waals surface area (Å²) in [5.41, 5.74) is 3.00. The molecule has 0 bridgehead atoms. The van der Waals surface area contributed by atoms with Crippen LogP contribution in [0.4, 0.5) is 0 Å². The molecule has 0 aliphatic rings. The summed E-state index contributed by atoms with van der Waals surface area (Å²) in [5.74, 6) is -1.39. The van der Waals surface area contributed by atoms with Crippen molar-refractivity contribution in [2.75, 3.05) is 18.6 Å². The van der Waals surface area contributed by atoms with Crippen LogP contribution in [0.15, 0.2) is 62.4 Å². The lowest BCUT2D eigenvalue weighted by atomic mass is 9.99. The van der Waals surface area contributed by atoms with E-state index in [1.54, 1.807) is 19.3 Å². The van der Waals surface area contributed by atoms with Crippen molar-refractivity contribution >= 4 is 51.5 Å². The number of hydrogen-bond donors (Lipinski definition) is 3. The number of furan rings is 1. The Labute approximate surface area is 222 Å². The molecule has 0 radical (unpaired) electrons. The Morgan fingerprint density at radius 3 is 2.55 bits per heavy atom. The van der Waals surface area contributed by atoms with E-state index in [0.29, 0.717) is 34.3 Å². The number of benzene rings is 2. The van der Waals surface area contributed by atoms with Gasteiger partial charge in [-0.3, -0.25) is 14.4 Å². The maximum atomic E-state index is 12.9. The van der Waals surface area contributed by atoms with Gasteiger partial charge in [-0.25, -0.2) is 4.79 Å². The first-order valence-corrected chi connectivity index (χ1v) is 13.5. The maximum absolute atomic E-state index is 12.9. The van der Waals surface area contributed by atoms with Crippen molar-refractivity contribution in [3.63, 3.8) is 0 Å². The van der Waals surface area contributed by atoms with Crippen LogP contribution in [0.25, 0.3) is 33.1 Å². The number of aliphatic carboxylic acids is 1. The molecule has 0 aliphatic carbocycles. The third-order valence-electron chi connectivity index (χ3n) is 6.30. The van der Waals surface area contributed by atoms with Crippen molar-refractivity contribution in [1.82, 2.24) is 10.6 Å². The number of aryl methyl sites for hydroxylation is 1. The number of nitrogens with one attached hydrogen (secondary N) is 2. The van der Waals surface area contributed by atoms with Gasteiger partial charge in [0.05, 0.1) is 24.7 Å². The number of thioether (sulfide) groups is 1. The highest BCUT2D eigenvalue weighted by Gasteiger charge is 2.23. The fraction of sp³-hybridized carbons (Fsp3) is 0.286. The first kappa shape index (κ1) is 27.0. The third-order valence-corrected chi connectivity index (χ3v) is 6.95. The van der Waals surface area contributed by atoms with Crippen LogP contribution in [-0.2, 0) is 20.8 Å². The Bertz CT molecular complexity index is 1540. The smallest absolute Gasteiger partial charge is 0.340 e. The summed E-state index contributed by atoms with van der Waals surface area (Å²) in [5, 5.41) is 15.6. The van der Waals surface area contributed by atoms with Gasteiger partial charge in [-0.1, -0.05) is 30.3 Å². The van der Waals surface area contributed by atoms with Crippen molar-refractivity contribution in [2.24, 2.45) is 0 Å². The molecule has 1 atom stereocenters. The van der Waals surface area contributed by atoms with Crippen molar-refractivity contribution in [3.05, 3.63) is 70.3 Å². The molecule has 10 heteroatoms. The molecule has 38 heavy (non-hydrogen) atoms. The lowest BCUT2D eigenvalue weighted by Crippen LogP contribution is -2.48. The summed E-state index contributed by atoms with van der Waals surface area (Å²) in [6.07, 6.45) is 3.42. The molecule has 0 saturated carbocycles. The Morgan fingerprint density at radius 2 is 1.84 bits per heavy atom. The standard InChI is InChI=1S/C28H28N2O7S/c1-16-18-12-20-21(17-6-4-3-5-7-17)15-36-23(20)14-24(18)37-28(35)19(16)13-25(31)30-22(9-11-38-2)27(34)29-10-8-26(32)33/h3-7,12,14-15,22H,8-11,13H2,1-2H3,(H,29,34)(H,30,31)(H,32,33)/t22-/m0/s1. The fourth-order valence-corrected chi connectivity index (χ4v) is 4.75. The summed E-state index contributed by atoms with van der Waals surface area (Å²) in [4.78, 5) is 49.1. The zero-order chi connectivity index (χ0) is 27.2. The van der Waals surface area contributed by atoms with Crippen LogP contribution in [0.3, 0.4) is 0 Å². The topological polar surface area (TPSA) is 139 Å². The zero-order valence-corrected chi connectivity index (χ0v) is 21.9. The van der Waals surface area contributed by atoms with Crippen molar-refractivity contribution in [2.45, 2.75) is 32.2 Å². The monoisotopic (exact) mass is 536 g/mol. The Morgan fingerprint density at radius 1 is 1.08 bits per heavy atom. The highest BCUT2D eigenvalue weighted by molar-refractivity contribution is 7.98. The van der Waals surface area contributed by atoms with E-state index in [0.717, 1.165) is 16.5 Å². The normalized spacial score (nSPS) is 11.9. The molecule has 0 unspecified atom stereocenters. The molecule has 0 saturated heterocycles. The number of carboxylic acids is 1. The summed E-state index contributed by atoms with van der Waals surface area (Å²) in [6.45, 7) is 1.72. The summed E-state index contributed by atoms with van der Waals surface area (Å²) in [7, 11) is 0. The van der Waals surface area contributed by atoms with Crippen LogP contribution in [0.5, 0.6) is 0 Å². The van der Waals surface area contributed by atoms with Crippen LogP contribution in [-0.4, -0.2) is 47.5 Å². The SMILES string of the molecule is CSCC[C@H](NC(=O)Cc1c(C)c2cc3c(-c4ccccc4)coc3cc2oc1=O)C(=O)NCCC(=O)O. The van der Waals surface area contributed by atoms with E-state index in [2.05, 4.69) is 10.6 Å². The number of fused-ring (bicyclic) bond motifs is 2. The van der Waals surface area contributed by atoms with E-state index < -0.39 is 29.5 Å². The fourth-order valence-electron chi connectivity index (χ4n) is 4.28. The van der Waals surface area contributed by atoms with Gasteiger partial charge in [0.25, 0.3) is 0 Å². The van der Waals surface area contributed by atoms with Gasteiger partial charge in [0.15, 0.2) is 0 Å². The molecule has 3 N–H and O–H groups in total. The molecular formula is C28H28N2O7S. The summed E-state index contributed by atoms with van der Waals surface area (Å²) in [6, 6.07) is 12.5. The largest absolute Gasteiger partial charge is 0.481 e. The van der Waals surface area contributed by atoms with Crippen LogP contribution in [0, 0.1) is 6.92 Å². The number of carbonyl (C=O) groups excluding carboxylic acids is 2. The van der Waals surface area contributed by atoms with E-state index in [1.165, 1.54) is 11.8 Å². The first-order valence-electron chi connectivity index (χ1n) is 12.1. The number of amides is 2. The van der Waals surface area contributed by atoms with Gasteiger partial charge in [0.2, 0.25) is 11.8 Å². The van der Waals surface area contributed by atoms with Gasteiger partial charge < -0.3 is 24.6 Å². The Hall–Kier alpha value is -4.05. The van der Waals surface area contributed by atoms with Crippen molar-refractivity contribution < 1.29 is 28.3 Å². The highest BCUT2D eigenvalue weighted by Crippen LogP contribution is 2.34. The molecule has 0 fully saturated rings. The average molecular weight is 537 g/mol. The quantitative estimate of drug-likeness (QED) is 0.246. The molecule has 2 amide bonds. The Kier molecular flexibility index (Phi) is 8.52. The van der Waals surface area contributed by atoms with E-state index in [-0.39, 0.29) is 24.9 Å². The van der Waals surface area contributed by atoms with E-state index >= 15 is 0 Å². The van der Waals surface area contributed by atoms with Gasteiger partial charge in [0.1, 0.15) is 17.2 Å². The zero-order valence-electron chi connectivity index (χ0n) is 21.0. The van der Waals surface area contributed by atoms with Gasteiger partial charge in [-0.2, -0.15) is 11.8 Å². The lowest BCUT2D eigenvalue weighted by Gasteiger charge is -2.18. The number of carbonyl (C=O) groups is 3. The highest BCUT2D eigenvalue weighted by atomic mass is 32.2. The minimum Gasteiger partial charge on any atom is -0.481 e. The molecular weight excluding hydrogens is 508 g/mol. The second-order valence-corrected chi connectivity index (χ2v) is 9.85. The molecule has 0 spiro atoms. The minimum absolute atomic E-state index is 0.0410. The predicted molar refractivity (Wildman–Crippen MR) is 146 cm³/mol. The van der Waals surface area contributed by atoms with E-state index in [4.69, 9.17) is 13.9 Å². The average Bonchev–Trinajstić information content (AvgIpc) is 3.31. The second-order valence-electron chi connectivity index (χ2n) is 8.87. The van der Waals surface area contributed by atoms with Crippen LogP contribution in [0.2, 0.25) is 0 Å². The van der Waals surface area contributed by atoms with E-state index in [1.807, 2.05) is 42.7 Å². The predicted octanol–water partition coefficient (Wildman–Crippen LogP) is 3.89. The van der Waals surface area contributed by atoms with Gasteiger partial charge >= 0.3 is 11.6 Å². The van der Waals surface area contributed by atoms with E-state index in [9.17, 15) is 19.2 Å². The van der Waals surface area contributed by atoms with Gasteiger partial charge in [-0.05, 0) is 42.5 Å². The number of rotatable bonds is 11. The van der Waals surface area contributed by atoms with Crippen LogP contribution < -0.4 is 16.3 Å². The van der Waals surface area contributed by atoms with Gasteiger partial charge in [0, 0.05) is 28.9 Å². The molecule has 198 valence electrons. The molecule has 2 aromatic carbocycles. The first-order chi connectivity index (χ1) is 18.3. The molecule has 9 nitrogen and oxygen atoms in total. The number of hydrogen-bond acceptors (Lipinski definition) is 7. The Balaban J connectivity index is 1.60. The summed E-state index contributed by atoms with van der Waals surface area (Å²) >= 11 is 1.52. The molecule has 4 rings (SSSR count). The summed E-state index contributed by atoms with van der Waals surface area (Å²) < 4.78 is 11.3. The maximum Gasteiger partial charge on any atom is 0.340 e. The molecule has 2 aromatic heterocycles. The molecule has 0 aliphatic heterocycles. The van der Waals surface area contributed by atoms with Crippen LogP contribution in [0.1, 0.15) is 24.0 Å². The molecule has 2 heterocycles. The van der Waals surface area contributed by atoms with Gasteiger partial charge in [-0.15, -0.1) is 0 Å². The van der Waals surface area contributed by atoms with Crippen molar-refractivity contribution in [3.8, 4) is 11.1 Å².